The number of rotatable bonds is 16. The van der Waals surface area contributed by atoms with Crippen molar-refractivity contribution in [1.82, 2.24) is 10.2 Å². The van der Waals surface area contributed by atoms with E-state index in [4.69, 9.17) is 27.9 Å². The van der Waals surface area contributed by atoms with Crippen molar-refractivity contribution in [3.63, 3.8) is 0 Å². The highest BCUT2D eigenvalue weighted by molar-refractivity contribution is 7.92. The number of anilines is 1. The molecule has 0 bridgehead atoms. The standard InChI is InChI=1S/C33H41Cl2N3O5S/c1-5-24(3)36-33(40)30(21-25-13-8-7-9-14-25)37(23-26-18-19-27(34)22-28(26)35)32(39)17-12-20-38(44(4,41)42)29-15-10-11-16-31(29)43-6-2/h7-11,13-16,18-19,22,24,30H,5-6,12,17,20-21,23H2,1-4H3,(H,36,40). The molecule has 1 N–H and O–H groups in total. The summed E-state index contributed by atoms with van der Waals surface area (Å²) in [5.74, 6) is -0.136. The van der Waals surface area contributed by atoms with Gasteiger partial charge >= 0.3 is 0 Å². The van der Waals surface area contributed by atoms with Gasteiger partial charge in [-0.2, -0.15) is 0 Å². The highest BCUT2D eigenvalue weighted by Gasteiger charge is 2.31. The average Bonchev–Trinajstić information content (AvgIpc) is 2.98. The first kappa shape index (κ1) is 35.2. The average molecular weight is 663 g/mol. The second kappa shape index (κ2) is 16.7. The van der Waals surface area contributed by atoms with E-state index in [1.165, 1.54) is 4.31 Å². The Balaban J connectivity index is 1.94. The second-order valence-electron chi connectivity index (χ2n) is 10.6. The number of para-hydroxylation sites is 2. The fraction of sp³-hybridized carbons (Fsp3) is 0.394. The van der Waals surface area contributed by atoms with Crippen LogP contribution in [0.25, 0.3) is 0 Å². The number of halogens is 2. The third kappa shape index (κ3) is 10.1. The third-order valence-electron chi connectivity index (χ3n) is 7.21. The van der Waals surface area contributed by atoms with E-state index in [1.807, 2.05) is 51.1 Å². The van der Waals surface area contributed by atoms with Gasteiger partial charge in [-0.1, -0.05) is 78.7 Å². The minimum Gasteiger partial charge on any atom is -0.492 e. The molecule has 44 heavy (non-hydrogen) atoms. The molecule has 0 aliphatic heterocycles. The Bertz CT molecular complexity index is 1500. The van der Waals surface area contributed by atoms with Crippen LogP contribution < -0.4 is 14.4 Å². The maximum atomic E-state index is 14.0. The van der Waals surface area contributed by atoms with E-state index in [0.717, 1.165) is 18.2 Å². The zero-order chi connectivity index (χ0) is 32.3. The van der Waals surface area contributed by atoms with Crippen LogP contribution in [0, 0.1) is 0 Å². The van der Waals surface area contributed by atoms with Gasteiger partial charge in [-0.3, -0.25) is 13.9 Å². The molecule has 238 valence electrons. The van der Waals surface area contributed by atoms with E-state index in [0.29, 0.717) is 33.7 Å². The molecule has 0 fully saturated rings. The van der Waals surface area contributed by atoms with Crippen LogP contribution in [0.5, 0.6) is 5.75 Å². The highest BCUT2D eigenvalue weighted by Crippen LogP contribution is 2.30. The maximum absolute atomic E-state index is 14.0. The van der Waals surface area contributed by atoms with E-state index in [1.54, 1.807) is 47.4 Å². The van der Waals surface area contributed by atoms with Crippen LogP contribution in [-0.4, -0.2) is 56.6 Å². The summed E-state index contributed by atoms with van der Waals surface area (Å²) in [7, 11) is -3.69. The lowest BCUT2D eigenvalue weighted by Crippen LogP contribution is -2.52. The summed E-state index contributed by atoms with van der Waals surface area (Å²) in [6, 6.07) is 20.5. The molecule has 0 heterocycles. The molecular formula is C33H41Cl2N3O5S. The molecule has 2 unspecified atom stereocenters. The molecule has 0 aliphatic rings. The topological polar surface area (TPSA) is 96.0 Å². The smallest absolute Gasteiger partial charge is 0.243 e. The summed E-state index contributed by atoms with van der Waals surface area (Å²) in [4.78, 5) is 29.3. The number of nitrogens with one attached hydrogen (secondary N) is 1. The van der Waals surface area contributed by atoms with Crippen molar-refractivity contribution in [2.45, 2.75) is 65.1 Å². The molecule has 0 radical (unpaired) electrons. The summed E-state index contributed by atoms with van der Waals surface area (Å²) in [5, 5.41) is 3.88. The molecule has 3 rings (SSSR count). The lowest BCUT2D eigenvalue weighted by Gasteiger charge is -2.33. The zero-order valence-electron chi connectivity index (χ0n) is 25.6. The zero-order valence-corrected chi connectivity index (χ0v) is 28.0. The summed E-state index contributed by atoms with van der Waals surface area (Å²) in [6.07, 6.45) is 2.35. The number of sulfonamides is 1. The number of ether oxygens (including phenoxy) is 1. The SMILES string of the molecule is CCOc1ccccc1N(CCCC(=O)N(Cc1ccc(Cl)cc1Cl)C(Cc1ccccc1)C(=O)NC(C)CC)S(C)(=O)=O. The third-order valence-corrected chi connectivity index (χ3v) is 8.98. The predicted molar refractivity (Wildman–Crippen MR) is 178 cm³/mol. The summed E-state index contributed by atoms with van der Waals surface area (Å²) >= 11 is 12.7. The Labute approximate surface area is 271 Å². The molecule has 0 aliphatic carbocycles. The highest BCUT2D eigenvalue weighted by atomic mass is 35.5. The maximum Gasteiger partial charge on any atom is 0.243 e. The number of nitrogens with zero attached hydrogens (tertiary/aromatic N) is 2. The van der Waals surface area contributed by atoms with E-state index >= 15 is 0 Å². The largest absolute Gasteiger partial charge is 0.492 e. The van der Waals surface area contributed by atoms with Gasteiger partial charge in [-0.15, -0.1) is 0 Å². The van der Waals surface area contributed by atoms with Gasteiger partial charge in [-0.25, -0.2) is 8.42 Å². The van der Waals surface area contributed by atoms with Crippen LogP contribution >= 0.6 is 23.2 Å². The first-order valence-electron chi connectivity index (χ1n) is 14.7. The van der Waals surface area contributed by atoms with Gasteiger partial charge in [-0.05, 0) is 62.1 Å². The Morgan fingerprint density at radius 2 is 1.66 bits per heavy atom. The van der Waals surface area contributed by atoms with Crippen LogP contribution in [0.1, 0.15) is 51.2 Å². The molecular weight excluding hydrogens is 621 g/mol. The number of hydrogen-bond donors (Lipinski definition) is 1. The van der Waals surface area contributed by atoms with Crippen molar-refractivity contribution >= 4 is 50.7 Å². The minimum atomic E-state index is -3.69. The van der Waals surface area contributed by atoms with E-state index < -0.39 is 16.1 Å². The van der Waals surface area contributed by atoms with Gasteiger partial charge in [0.25, 0.3) is 0 Å². The summed E-state index contributed by atoms with van der Waals surface area (Å²) < 4.78 is 32.6. The molecule has 8 nitrogen and oxygen atoms in total. The van der Waals surface area contributed by atoms with Gasteiger partial charge in [0.2, 0.25) is 21.8 Å². The van der Waals surface area contributed by atoms with Crippen molar-refractivity contribution in [2.75, 3.05) is 23.7 Å². The number of benzene rings is 3. The lowest BCUT2D eigenvalue weighted by molar-refractivity contribution is -0.141. The Hall–Kier alpha value is -3.27. The normalized spacial score (nSPS) is 12.7. The first-order valence-corrected chi connectivity index (χ1v) is 17.3. The van der Waals surface area contributed by atoms with Crippen molar-refractivity contribution in [3.05, 3.63) is 94.0 Å². The van der Waals surface area contributed by atoms with Crippen LogP contribution in [0.3, 0.4) is 0 Å². The Morgan fingerprint density at radius 3 is 2.30 bits per heavy atom. The summed E-state index contributed by atoms with van der Waals surface area (Å²) in [6.45, 7) is 6.21. The molecule has 2 amide bonds. The quantitative estimate of drug-likeness (QED) is 0.189. The molecule has 0 spiro atoms. The summed E-state index contributed by atoms with van der Waals surface area (Å²) in [5.41, 5.74) is 1.94. The van der Waals surface area contributed by atoms with Gasteiger partial charge in [0.1, 0.15) is 11.8 Å². The van der Waals surface area contributed by atoms with Gasteiger partial charge in [0.15, 0.2) is 0 Å². The van der Waals surface area contributed by atoms with E-state index in [-0.39, 0.29) is 50.2 Å². The van der Waals surface area contributed by atoms with Crippen molar-refractivity contribution in [3.8, 4) is 5.75 Å². The molecule has 3 aromatic carbocycles. The van der Waals surface area contributed by atoms with Gasteiger partial charge in [0, 0.05) is 42.0 Å². The number of hydrogen-bond acceptors (Lipinski definition) is 5. The fourth-order valence-corrected chi connectivity index (χ4v) is 6.19. The van der Waals surface area contributed by atoms with Crippen LogP contribution in [-0.2, 0) is 32.6 Å². The van der Waals surface area contributed by atoms with Crippen molar-refractivity contribution < 1.29 is 22.7 Å². The Morgan fingerprint density at radius 1 is 0.977 bits per heavy atom. The Kier molecular flexibility index (Phi) is 13.4. The van der Waals surface area contributed by atoms with Crippen LogP contribution in [0.4, 0.5) is 5.69 Å². The predicted octanol–water partition coefficient (Wildman–Crippen LogP) is 6.49. The minimum absolute atomic E-state index is 0.00404. The van der Waals surface area contributed by atoms with Gasteiger partial charge in [0.05, 0.1) is 18.6 Å². The number of carbonyl (C=O) groups is 2. The van der Waals surface area contributed by atoms with E-state index in [2.05, 4.69) is 5.32 Å². The first-order chi connectivity index (χ1) is 20.9. The van der Waals surface area contributed by atoms with Crippen molar-refractivity contribution in [2.24, 2.45) is 0 Å². The molecule has 11 heteroatoms. The number of amides is 2. The molecule has 0 saturated heterocycles. The van der Waals surface area contributed by atoms with Crippen LogP contribution in [0.2, 0.25) is 10.0 Å². The van der Waals surface area contributed by atoms with Crippen molar-refractivity contribution in [1.29, 1.82) is 0 Å². The molecule has 3 aromatic rings. The molecule has 0 saturated carbocycles. The fourth-order valence-electron chi connectivity index (χ4n) is 4.75. The van der Waals surface area contributed by atoms with Gasteiger partial charge < -0.3 is 15.0 Å². The monoisotopic (exact) mass is 661 g/mol. The lowest BCUT2D eigenvalue weighted by atomic mass is 10.0. The molecule has 0 aromatic heterocycles. The second-order valence-corrected chi connectivity index (χ2v) is 13.4. The molecule has 2 atom stereocenters. The van der Waals surface area contributed by atoms with E-state index in [9.17, 15) is 18.0 Å². The van der Waals surface area contributed by atoms with Crippen LogP contribution in [0.15, 0.2) is 72.8 Å². The number of carbonyl (C=O) groups excluding carboxylic acids is 2.